The summed E-state index contributed by atoms with van der Waals surface area (Å²) in [6.07, 6.45) is 84.2. The molecule has 0 spiro atoms. The molecule has 0 aliphatic rings. The number of ether oxygens (including phenoxy) is 2. The van der Waals surface area contributed by atoms with Crippen molar-refractivity contribution in [1.29, 1.82) is 0 Å². The lowest BCUT2D eigenvalue weighted by atomic mass is 10.1. The Kier molecular flexibility index (Phi) is 56.4. The smallest absolute Gasteiger partial charge is 0.462 e. The number of unbranched alkanes of at least 4 members (excludes halogenated alkanes) is 23. The van der Waals surface area contributed by atoms with Crippen LogP contribution in [-0.4, -0.2) is 74.9 Å². The number of hydrogen-bond donors (Lipinski definition) is 1. The largest absolute Gasteiger partial charge is 0.472 e. The zero-order valence-electron chi connectivity index (χ0n) is 51.3. The van der Waals surface area contributed by atoms with Crippen LogP contribution in [0.1, 0.15) is 251 Å². The molecule has 452 valence electrons. The highest BCUT2D eigenvalue weighted by Gasteiger charge is 2.27. The van der Waals surface area contributed by atoms with E-state index in [2.05, 4.69) is 135 Å². The maximum absolute atomic E-state index is 12.8. The highest BCUT2D eigenvalue weighted by Crippen LogP contribution is 2.43. The minimum absolute atomic E-state index is 0.0247. The van der Waals surface area contributed by atoms with Crippen LogP contribution in [0, 0.1) is 0 Å². The monoisotopic (exact) mass is 1120 g/mol. The van der Waals surface area contributed by atoms with Gasteiger partial charge in [0.05, 0.1) is 27.7 Å². The number of carbonyl (C=O) groups excluding carboxylic acids is 2. The minimum atomic E-state index is -4.40. The molecule has 0 amide bonds. The van der Waals surface area contributed by atoms with Gasteiger partial charge in [-0.1, -0.05) is 251 Å². The summed E-state index contributed by atoms with van der Waals surface area (Å²) in [5, 5.41) is 0. The van der Waals surface area contributed by atoms with Gasteiger partial charge in [-0.2, -0.15) is 0 Å². The van der Waals surface area contributed by atoms with Crippen molar-refractivity contribution in [3.05, 3.63) is 122 Å². The van der Waals surface area contributed by atoms with Gasteiger partial charge in [0.2, 0.25) is 0 Å². The van der Waals surface area contributed by atoms with Gasteiger partial charge in [-0.15, -0.1) is 0 Å². The Hall–Kier alpha value is -3.59. The summed E-state index contributed by atoms with van der Waals surface area (Å²) in [5.74, 6) is -0.812. The second kappa shape index (κ2) is 59.0. The van der Waals surface area contributed by atoms with Crippen molar-refractivity contribution in [2.24, 2.45) is 0 Å². The number of likely N-dealkylation sites (N-methyl/N-ethyl adjacent to an activating group) is 1. The van der Waals surface area contributed by atoms with E-state index in [0.29, 0.717) is 17.4 Å². The van der Waals surface area contributed by atoms with E-state index in [0.717, 1.165) is 116 Å². The van der Waals surface area contributed by atoms with Gasteiger partial charge in [0.25, 0.3) is 0 Å². The van der Waals surface area contributed by atoms with E-state index in [4.69, 9.17) is 18.5 Å². The molecule has 0 heterocycles. The summed E-state index contributed by atoms with van der Waals surface area (Å²) in [5.41, 5.74) is 0. The number of nitrogens with zero attached hydrogens (tertiary/aromatic N) is 1. The third-order valence-corrected chi connectivity index (χ3v) is 14.2. The van der Waals surface area contributed by atoms with Gasteiger partial charge in [0.1, 0.15) is 19.8 Å². The summed E-state index contributed by atoms with van der Waals surface area (Å²) >= 11 is 0. The molecule has 9 nitrogen and oxygen atoms in total. The highest BCUT2D eigenvalue weighted by atomic mass is 31.2. The van der Waals surface area contributed by atoms with E-state index in [1.54, 1.807) is 0 Å². The van der Waals surface area contributed by atoms with Crippen molar-refractivity contribution in [1.82, 2.24) is 0 Å². The van der Waals surface area contributed by atoms with Crippen LogP contribution in [0.2, 0.25) is 0 Å². The molecule has 2 unspecified atom stereocenters. The van der Waals surface area contributed by atoms with Crippen molar-refractivity contribution < 1.29 is 42.1 Å². The second-order valence-electron chi connectivity index (χ2n) is 22.1. The lowest BCUT2D eigenvalue weighted by Crippen LogP contribution is -2.37. The van der Waals surface area contributed by atoms with Crippen molar-refractivity contribution >= 4 is 19.8 Å². The predicted octanol–water partition coefficient (Wildman–Crippen LogP) is 20.3. The number of quaternary nitrogens is 1. The molecule has 1 N–H and O–H groups in total. The normalized spacial score (nSPS) is 14.1. The van der Waals surface area contributed by atoms with Gasteiger partial charge in [0.15, 0.2) is 6.10 Å². The minimum Gasteiger partial charge on any atom is -0.462 e. The van der Waals surface area contributed by atoms with E-state index < -0.39 is 26.5 Å². The molecule has 0 rings (SSSR count). The summed E-state index contributed by atoms with van der Waals surface area (Å²) in [4.78, 5) is 35.7. The maximum atomic E-state index is 12.8. The van der Waals surface area contributed by atoms with E-state index in [1.807, 2.05) is 21.1 Å². The molecule has 0 bridgehead atoms. The average Bonchev–Trinajstić information content (AvgIpc) is 3.41. The summed E-state index contributed by atoms with van der Waals surface area (Å²) < 4.78 is 34.6. The van der Waals surface area contributed by atoms with Gasteiger partial charge in [-0.05, 0) is 109 Å². The molecule has 0 aromatic carbocycles. The van der Waals surface area contributed by atoms with Gasteiger partial charge in [0, 0.05) is 12.8 Å². The molecule has 0 aliphatic heterocycles. The average molecular weight is 1120 g/mol. The van der Waals surface area contributed by atoms with Crippen LogP contribution < -0.4 is 0 Å². The lowest BCUT2D eigenvalue weighted by Gasteiger charge is -2.24. The zero-order chi connectivity index (χ0) is 57.7. The summed E-state index contributed by atoms with van der Waals surface area (Å²) in [7, 11) is 1.46. The Balaban J connectivity index is 4.14. The Morgan fingerprint density at radius 2 is 0.722 bits per heavy atom. The molecule has 0 aromatic heterocycles. The first-order valence-corrected chi connectivity index (χ1v) is 33.3. The van der Waals surface area contributed by atoms with Gasteiger partial charge in [-0.25, -0.2) is 4.57 Å². The SMILES string of the molecule is CC/C=C\C/C=C\C/C=C\C/C=C\C/C=C\C/C=C\C/C=C\C/C=C\C/C=C\CCCCCCCCCCCC(=O)OC(COC(=O)CCCCCCCCC/C=C\CCCCCCCCC)COP(=O)(O)OCC[N+](C)(C)C. The third-order valence-electron chi connectivity index (χ3n) is 13.2. The molecule has 0 radical (unpaired) electrons. The molecule has 79 heavy (non-hydrogen) atoms. The Labute approximate surface area is 486 Å². The Morgan fingerprint density at radius 3 is 1.09 bits per heavy atom. The molecule has 0 aliphatic carbocycles. The van der Waals surface area contributed by atoms with E-state index in [-0.39, 0.29) is 32.0 Å². The zero-order valence-corrected chi connectivity index (χ0v) is 52.2. The van der Waals surface area contributed by atoms with Crippen molar-refractivity contribution in [2.45, 2.75) is 258 Å². The number of carbonyl (C=O) groups is 2. The fourth-order valence-electron chi connectivity index (χ4n) is 8.36. The molecule has 0 aromatic rings. The van der Waals surface area contributed by atoms with Gasteiger partial charge < -0.3 is 18.9 Å². The topological polar surface area (TPSA) is 108 Å². The number of hydrogen-bond acceptors (Lipinski definition) is 7. The van der Waals surface area contributed by atoms with Crippen LogP contribution in [0.3, 0.4) is 0 Å². The molecular weight excluding hydrogens is 1000 g/mol. The van der Waals surface area contributed by atoms with Crippen LogP contribution in [0.4, 0.5) is 0 Å². The standard InChI is InChI=1S/C69H118NO8P/c1-6-8-10-12-14-16-18-20-22-24-26-27-28-29-30-31-32-33-34-35-36-37-38-39-40-41-42-43-44-46-48-50-52-54-56-58-60-62-69(72)78-67(66-77-79(73,74)76-64-63-70(3,4)5)65-75-68(71)61-59-57-55-53-51-49-47-45-25-23-21-19-17-15-13-11-9-7-2/h8,10,14,16,20,22-23,25-27,29-30,32-33,35-36,38-39,41-42,67H,6-7,9,11-13,15,17-19,21,24,28,31,34,37,40,43-66H2,1-5H3/p+1/b10-8-,16-14-,22-20-,25-23-,27-26-,30-29-,33-32-,36-35-,39-38-,42-41-. The molecule has 0 fully saturated rings. The predicted molar refractivity (Wildman–Crippen MR) is 339 cm³/mol. The third kappa shape index (κ3) is 63.5. The van der Waals surface area contributed by atoms with Gasteiger partial charge >= 0.3 is 19.8 Å². The second-order valence-corrected chi connectivity index (χ2v) is 23.5. The maximum Gasteiger partial charge on any atom is 0.472 e. The molecular formula is C69H119NO8P+. The fourth-order valence-corrected chi connectivity index (χ4v) is 9.10. The Morgan fingerprint density at radius 1 is 0.405 bits per heavy atom. The molecule has 0 saturated heterocycles. The molecule has 2 atom stereocenters. The van der Waals surface area contributed by atoms with Crippen LogP contribution in [0.15, 0.2) is 122 Å². The number of rotatable bonds is 57. The van der Waals surface area contributed by atoms with E-state index in [1.165, 1.54) is 103 Å². The number of esters is 2. The van der Waals surface area contributed by atoms with E-state index in [9.17, 15) is 19.0 Å². The lowest BCUT2D eigenvalue weighted by molar-refractivity contribution is -0.870. The number of allylic oxidation sites excluding steroid dienone is 20. The first-order valence-electron chi connectivity index (χ1n) is 31.8. The van der Waals surface area contributed by atoms with Gasteiger partial charge in [-0.3, -0.25) is 18.6 Å². The highest BCUT2D eigenvalue weighted by molar-refractivity contribution is 7.47. The molecule has 0 saturated carbocycles. The summed E-state index contributed by atoms with van der Waals surface area (Å²) in [6.45, 7) is 4.31. The summed E-state index contributed by atoms with van der Waals surface area (Å²) in [6, 6.07) is 0. The first-order chi connectivity index (χ1) is 38.5. The van der Waals surface area contributed by atoms with Crippen molar-refractivity contribution in [2.75, 3.05) is 47.5 Å². The molecule has 10 heteroatoms. The van der Waals surface area contributed by atoms with Crippen LogP contribution >= 0.6 is 7.82 Å². The fraction of sp³-hybridized carbons (Fsp3) is 0.681. The Bertz CT molecular complexity index is 1750. The van der Waals surface area contributed by atoms with E-state index >= 15 is 0 Å². The number of phosphoric ester groups is 1. The van der Waals surface area contributed by atoms with Crippen LogP contribution in [0.5, 0.6) is 0 Å². The number of phosphoric acid groups is 1. The van der Waals surface area contributed by atoms with Crippen LogP contribution in [0.25, 0.3) is 0 Å². The van der Waals surface area contributed by atoms with Crippen molar-refractivity contribution in [3.8, 4) is 0 Å². The van der Waals surface area contributed by atoms with Crippen molar-refractivity contribution in [3.63, 3.8) is 0 Å². The first kappa shape index (κ1) is 75.4. The quantitative estimate of drug-likeness (QED) is 0.0211. The van der Waals surface area contributed by atoms with Crippen LogP contribution in [-0.2, 0) is 32.7 Å².